The fraction of sp³-hybridized carbons (Fsp3) is 0.583. The van der Waals surface area contributed by atoms with Crippen LogP contribution >= 0.6 is 0 Å². The van der Waals surface area contributed by atoms with Crippen molar-refractivity contribution in [1.82, 2.24) is 15.3 Å². The third-order valence-corrected chi connectivity index (χ3v) is 6.11. The molecule has 1 fully saturated rings. The van der Waals surface area contributed by atoms with E-state index in [1.807, 2.05) is 31.3 Å². The molecule has 2 aromatic rings. The van der Waals surface area contributed by atoms with Gasteiger partial charge in [0.05, 0.1) is 0 Å². The smallest absolute Gasteiger partial charge is 0.224 e. The fourth-order valence-electron chi connectivity index (χ4n) is 4.20. The Hall–Kier alpha value is -2.34. The first-order valence-electron chi connectivity index (χ1n) is 11.4. The Labute approximate surface area is 182 Å². The summed E-state index contributed by atoms with van der Waals surface area (Å²) in [7, 11) is 4.01. The molecule has 3 rings (SSSR count). The molecule has 2 N–H and O–H groups in total. The van der Waals surface area contributed by atoms with E-state index >= 15 is 0 Å². The molecule has 30 heavy (non-hydrogen) atoms. The first-order valence-corrected chi connectivity index (χ1v) is 11.4. The standard InChI is InChI=1S/C24H38N6/c1-5-30(6-2)22-13-9-20(10-14-22)18-25-17-19-7-11-21(12-8-19)27-24-26-16-15-23(28-24)29(3)4/h9-10,13-16,19,21,25H,5-8,11-12,17-18H2,1-4H3,(H,26,27,28). The number of aromatic nitrogens is 2. The molecule has 0 unspecified atom stereocenters. The van der Waals surface area contributed by atoms with Gasteiger partial charge in [-0.2, -0.15) is 4.98 Å². The minimum absolute atomic E-state index is 0.478. The Bertz CT molecular complexity index is 749. The molecule has 0 atom stereocenters. The molecule has 0 radical (unpaired) electrons. The lowest BCUT2D eigenvalue weighted by Gasteiger charge is -2.29. The van der Waals surface area contributed by atoms with Crippen molar-refractivity contribution in [2.24, 2.45) is 5.92 Å². The van der Waals surface area contributed by atoms with Gasteiger partial charge in [0.25, 0.3) is 0 Å². The average molecular weight is 411 g/mol. The van der Waals surface area contributed by atoms with Crippen molar-refractivity contribution < 1.29 is 0 Å². The largest absolute Gasteiger partial charge is 0.372 e. The molecule has 0 amide bonds. The second-order valence-electron chi connectivity index (χ2n) is 8.46. The zero-order valence-corrected chi connectivity index (χ0v) is 19.1. The maximum Gasteiger partial charge on any atom is 0.224 e. The Kier molecular flexibility index (Phi) is 8.31. The van der Waals surface area contributed by atoms with Crippen LogP contribution in [0.15, 0.2) is 36.5 Å². The molecule has 0 aliphatic heterocycles. The molecular formula is C24H38N6. The summed E-state index contributed by atoms with van der Waals surface area (Å²) in [5, 5.41) is 7.20. The third kappa shape index (κ3) is 6.33. The molecule has 6 heteroatoms. The average Bonchev–Trinajstić information content (AvgIpc) is 2.77. The summed E-state index contributed by atoms with van der Waals surface area (Å²) in [6.45, 7) is 8.56. The molecule has 1 heterocycles. The van der Waals surface area contributed by atoms with Gasteiger partial charge in [-0.3, -0.25) is 0 Å². The SMILES string of the molecule is CCN(CC)c1ccc(CNCC2CCC(Nc3nccc(N(C)C)n3)CC2)cc1. The van der Waals surface area contributed by atoms with Crippen molar-refractivity contribution >= 4 is 17.5 Å². The van der Waals surface area contributed by atoms with Gasteiger partial charge in [0.1, 0.15) is 5.82 Å². The summed E-state index contributed by atoms with van der Waals surface area (Å²) >= 11 is 0. The number of anilines is 3. The second kappa shape index (κ2) is 11.2. The maximum atomic E-state index is 4.58. The van der Waals surface area contributed by atoms with Crippen LogP contribution in [0.1, 0.15) is 45.1 Å². The highest BCUT2D eigenvalue weighted by Crippen LogP contribution is 2.26. The Morgan fingerprint density at radius 3 is 2.30 bits per heavy atom. The van der Waals surface area contributed by atoms with E-state index in [2.05, 4.69) is 63.6 Å². The van der Waals surface area contributed by atoms with Gasteiger partial charge < -0.3 is 20.4 Å². The van der Waals surface area contributed by atoms with Crippen LogP contribution in [-0.2, 0) is 6.54 Å². The fourth-order valence-corrected chi connectivity index (χ4v) is 4.20. The van der Waals surface area contributed by atoms with Gasteiger partial charge in [-0.05, 0) is 75.8 Å². The number of hydrogen-bond acceptors (Lipinski definition) is 6. The van der Waals surface area contributed by atoms with Crippen molar-refractivity contribution in [3.05, 3.63) is 42.1 Å². The number of nitrogens with zero attached hydrogens (tertiary/aromatic N) is 4. The van der Waals surface area contributed by atoms with E-state index in [9.17, 15) is 0 Å². The van der Waals surface area contributed by atoms with Crippen LogP contribution in [-0.4, -0.2) is 49.7 Å². The zero-order valence-electron chi connectivity index (χ0n) is 19.1. The number of nitrogens with one attached hydrogen (secondary N) is 2. The van der Waals surface area contributed by atoms with Crippen LogP contribution < -0.4 is 20.4 Å². The van der Waals surface area contributed by atoms with Gasteiger partial charge in [-0.1, -0.05) is 12.1 Å². The van der Waals surface area contributed by atoms with Crippen molar-refractivity contribution in [2.45, 2.75) is 52.1 Å². The predicted molar refractivity (Wildman–Crippen MR) is 127 cm³/mol. The van der Waals surface area contributed by atoms with E-state index in [-0.39, 0.29) is 0 Å². The number of hydrogen-bond donors (Lipinski definition) is 2. The van der Waals surface area contributed by atoms with E-state index in [0.29, 0.717) is 6.04 Å². The summed E-state index contributed by atoms with van der Waals surface area (Å²) in [4.78, 5) is 13.4. The van der Waals surface area contributed by atoms with Crippen LogP contribution in [0, 0.1) is 5.92 Å². The Morgan fingerprint density at radius 2 is 1.67 bits per heavy atom. The maximum absolute atomic E-state index is 4.58. The summed E-state index contributed by atoms with van der Waals surface area (Å²) in [6.07, 6.45) is 6.69. The Balaban J connectivity index is 1.37. The molecule has 164 valence electrons. The number of benzene rings is 1. The van der Waals surface area contributed by atoms with Crippen molar-refractivity contribution in [2.75, 3.05) is 48.8 Å². The quantitative estimate of drug-likeness (QED) is 0.614. The van der Waals surface area contributed by atoms with Crippen LogP contribution in [0.3, 0.4) is 0 Å². The molecule has 1 saturated carbocycles. The van der Waals surface area contributed by atoms with E-state index in [4.69, 9.17) is 0 Å². The minimum Gasteiger partial charge on any atom is -0.372 e. The molecule has 1 aliphatic carbocycles. The van der Waals surface area contributed by atoms with Crippen LogP contribution in [0.2, 0.25) is 0 Å². The van der Waals surface area contributed by atoms with Crippen LogP contribution in [0.4, 0.5) is 17.5 Å². The highest BCUT2D eigenvalue weighted by atomic mass is 15.2. The van der Waals surface area contributed by atoms with Gasteiger partial charge in [-0.15, -0.1) is 0 Å². The summed E-state index contributed by atoms with van der Waals surface area (Å²) in [5.41, 5.74) is 2.67. The first kappa shape index (κ1) is 22.3. The highest BCUT2D eigenvalue weighted by Gasteiger charge is 2.21. The third-order valence-electron chi connectivity index (χ3n) is 6.11. The van der Waals surface area contributed by atoms with Gasteiger partial charge in [0, 0.05) is 51.7 Å². The van der Waals surface area contributed by atoms with Crippen LogP contribution in [0.5, 0.6) is 0 Å². The van der Waals surface area contributed by atoms with E-state index in [1.165, 1.54) is 36.9 Å². The van der Waals surface area contributed by atoms with Gasteiger partial charge in [0.2, 0.25) is 5.95 Å². The number of rotatable bonds is 10. The summed E-state index contributed by atoms with van der Waals surface area (Å²) in [6, 6.07) is 11.4. The molecule has 0 bridgehead atoms. The van der Waals surface area contributed by atoms with Crippen LogP contribution in [0.25, 0.3) is 0 Å². The second-order valence-corrected chi connectivity index (χ2v) is 8.46. The van der Waals surface area contributed by atoms with E-state index in [1.54, 1.807) is 0 Å². The zero-order chi connectivity index (χ0) is 21.3. The molecule has 1 aromatic carbocycles. The van der Waals surface area contributed by atoms with Crippen molar-refractivity contribution in [3.63, 3.8) is 0 Å². The van der Waals surface area contributed by atoms with Gasteiger partial charge >= 0.3 is 0 Å². The van der Waals surface area contributed by atoms with Gasteiger partial charge in [-0.25, -0.2) is 4.98 Å². The topological polar surface area (TPSA) is 56.3 Å². The minimum atomic E-state index is 0.478. The lowest BCUT2D eigenvalue weighted by molar-refractivity contribution is 0.324. The molecule has 1 aromatic heterocycles. The van der Waals surface area contributed by atoms with E-state index < -0.39 is 0 Å². The molecule has 0 spiro atoms. The van der Waals surface area contributed by atoms with Gasteiger partial charge in [0.15, 0.2) is 0 Å². The first-order chi connectivity index (χ1) is 14.6. The molecule has 6 nitrogen and oxygen atoms in total. The summed E-state index contributed by atoms with van der Waals surface area (Å²) < 4.78 is 0. The molecular weight excluding hydrogens is 372 g/mol. The molecule has 0 saturated heterocycles. The lowest BCUT2D eigenvalue weighted by Crippen LogP contribution is -2.31. The summed E-state index contributed by atoms with van der Waals surface area (Å²) in [5.74, 6) is 2.44. The monoisotopic (exact) mass is 410 g/mol. The molecule has 1 aliphatic rings. The lowest BCUT2D eigenvalue weighted by atomic mass is 9.86. The normalized spacial score (nSPS) is 18.8. The predicted octanol–water partition coefficient (Wildman–Crippen LogP) is 4.15. The highest BCUT2D eigenvalue weighted by molar-refractivity contribution is 5.47. The van der Waals surface area contributed by atoms with Crippen molar-refractivity contribution in [3.8, 4) is 0 Å². The van der Waals surface area contributed by atoms with Crippen molar-refractivity contribution in [1.29, 1.82) is 0 Å². The Morgan fingerprint density at radius 1 is 0.967 bits per heavy atom. The van der Waals surface area contributed by atoms with E-state index in [0.717, 1.165) is 43.9 Å².